The summed E-state index contributed by atoms with van der Waals surface area (Å²) in [5.74, 6) is 0. The first-order valence-corrected chi connectivity index (χ1v) is 9.75. The summed E-state index contributed by atoms with van der Waals surface area (Å²) in [5.41, 5.74) is 6.39. The fourth-order valence-electron chi connectivity index (χ4n) is 3.74. The molecule has 1 aromatic heterocycles. The molecule has 26 heavy (non-hydrogen) atoms. The molecule has 0 amide bonds. The van der Waals surface area contributed by atoms with Gasteiger partial charge in [0.15, 0.2) is 0 Å². The van der Waals surface area contributed by atoms with E-state index in [-0.39, 0.29) is 11.0 Å². The topological polar surface area (TPSA) is 49.0 Å². The number of nitrogens with one attached hydrogen (secondary N) is 1. The highest BCUT2D eigenvalue weighted by molar-refractivity contribution is 6.99. The van der Waals surface area contributed by atoms with Crippen molar-refractivity contribution >= 4 is 34.7 Å². The Bertz CT molecular complexity index is 982. The van der Waals surface area contributed by atoms with E-state index in [0.717, 1.165) is 22.4 Å². The van der Waals surface area contributed by atoms with Crippen molar-refractivity contribution in [2.75, 3.05) is 11.4 Å². The Morgan fingerprint density at radius 2 is 1.85 bits per heavy atom. The maximum absolute atomic E-state index is 11.8. The number of hydrogen-bond donors (Lipinski definition) is 1. The third-order valence-corrected chi connectivity index (χ3v) is 5.99. The number of fused-ring (bicyclic) bond motifs is 2. The number of halogens is 1. The summed E-state index contributed by atoms with van der Waals surface area (Å²) in [4.78, 5) is 14.1. The highest BCUT2D eigenvalue weighted by Gasteiger charge is 2.36. The Kier molecular flexibility index (Phi) is 4.16. The van der Waals surface area contributed by atoms with Crippen molar-refractivity contribution in [3.63, 3.8) is 0 Å². The molecule has 0 radical (unpaired) electrons. The molecule has 0 fully saturated rings. The molecule has 0 saturated heterocycles. The summed E-state index contributed by atoms with van der Waals surface area (Å²) in [5, 5.41) is 0.740. The maximum Gasteiger partial charge on any atom is 0.281 e. The number of hydrogen-bond acceptors (Lipinski definition) is 4. The van der Waals surface area contributed by atoms with Gasteiger partial charge in [0, 0.05) is 46.5 Å². The number of rotatable bonds is 3. The number of benzene rings is 2. The molecule has 6 heteroatoms. The monoisotopic (exact) mass is 385 g/mol. The van der Waals surface area contributed by atoms with Gasteiger partial charge in [-0.25, -0.2) is 0 Å². The predicted octanol–water partition coefficient (Wildman–Crippen LogP) is 4.81. The largest absolute Gasteiger partial charge is 0.341 e. The van der Waals surface area contributed by atoms with E-state index in [1.165, 1.54) is 22.4 Å². The zero-order valence-corrected chi connectivity index (χ0v) is 16.5. The summed E-state index contributed by atoms with van der Waals surface area (Å²) in [7, 11) is 0. The molecule has 0 aliphatic carbocycles. The average molecular weight is 386 g/mol. The highest BCUT2D eigenvalue weighted by atomic mass is 35.5. The second kappa shape index (κ2) is 6.25. The minimum atomic E-state index is -0.143. The summed E-state index contributed by atoms with van der Waals surface area (Å²) < 4.78 is 6.86. The lowest BCUT2D eigenvalue weighted by molar-refractivity contribution is 0.622. The fourth-order valence-corrected chi connectivity index (χ4v) is 4.45. The van der Waals surface area contributed by atoms with Crippen LogP contribution in [0.2, 0.25) is 5.02 Å². The van der Waals surface area contributed by atoms with Crippen LogP contribution in [0.3, 0.4) is 0 Å². The van der Waals surface area contributed by atoms with Crippen molar-refractivity contribution in [3.05, 3.63) is 74.2 Å². The van der Waals surface area contributed by atoms with Gasteiger partial charge in [0.2, 0.25) is 0 Å². The quantitative estimate of drug-likeness (QED) is 0.703. The van der Waals surface area contributed by atoms with Crippen molar-refractivity contribution in [1.29, 1.82) is 0 Å². The molecule has 0 unspecified atom stereocenters. The number of anilines is 2. The van der Waals surface area contributed by atoms with E-state index in [4.69, 9.17) is 11.6 Å². The van der Waals surface area contributed by atoms with Crippen LogP contribution in [-0.4, -0.2) is 15.3 Å². The van der Waals surface area contributed by atoms with E-state index in [9.17, 15) is 4.79 Å². The molecule has 3 aromatic rings. The van der Waals surface area contributed by atoms with Crippen LogP contribution in [0.1, 0.15) is 36.2 Å². The molecular formula is C20H20ClN3OS. The van der Waals surface area contributed by atoms with Gasteiger partial charge < -0.3 is 4.90 Å². The third-order valence-electron chi connectivity index (χ3n) is 5.17. The summed E-state index contributed by atoms with van der Waals surface area (Å²) in [6.07, 6.45) is 0.592. The first kappa shape index (κ1) is 17.3. The van der Waals surface area contributed by atoms with Gasteiger partial charge >= 0.3 is 0 Å². The second-order valence-corrected chi connectivity index (χ2v) is 8.27. The molecule has 2 heterocycles. The predicted molar refractivity (Wildman–Crippen MR) is 108 cm³/mol. The van der Waals surface area contributed by atoms with E-state index in [0.29, 0.717) is 18.7 Å². The lowest BCUT2D eigenvalue weighted by Crippen LogP contribution is -2.34. The molecule has 4 rings (SSSR count). The number of aromatic amines is 1. The van der Waals surface area contributed by atoms with Gasteiger partial charge in [-0.15, -0.1) is 0 Å². The zero-order chi connectivity index (χ0) is 18.5. The fraction of sp³-hybridized carbons (Fsp3) is 0.300. The number of nitrogens with zero attached hydrogens (tertiary/aromatic N) is 2. The number of aromatic nitrogens is 2. The molecule has 0 bridgehead atoms. The first-order valence-electron chi connectivity index (χ1n) is 8.60. The van der Waals surface area contributed by atoms with Crippen LogP contribution in [0.15, 0.2) is 41.2 Å². The van der Waals surface area contributed by atoms with Gasteiger partial charge in [-0.3, -0.25) is 9.17 Å². The Morgan fingerprint density at radius 3 is 2.54 bits per heavy atom. The van der Waals surface area contributed by atoms with Crippen molar-refractivity contribution < 1.29 is 0 Å². The lowest BCUT2D eigenvalue weighted by atomic mass is 9.73. The van der Waals surface area contributed by atoms with Crippen LogP contribution >= 0.6 is 23.3 Å². The molecule has 1 N–H and O–H groups in total. The van der Waals surface area contributed by atoms with E-state index < -0.39 is 0 Å². The van der Waals surface area contributed by atoms with Crippen LogP contribution in [0.25, 0.3) is 0 Å². The smallest absolute Gasteiger partial charge is 0.281 e. The van der Waals surface area contributed by atoms with Gasteiger partial charge in [0.25, 0.3) is 5.56 Å². The van der Waals surface area contributed by atoms with Crippen molar-refractivity contribution in [2.45, 2.75) is 32.6 Å². The lowest BCUT2D eigenvalue weighted by Gasteiger charge is -2.42. The molecular weight excluding hydrogens is 366 g/mol. The Balaban J connectivity index is 1.84. The van der Waals surface area contributed by atoms with Crippen LogP contribution in [0.4, 0.5) is 11.4 Å². The summed E-state index contributed by atoms with van der Waals surface area (Å²) >= 11 is 7.42. The summed E-state index contributed by atoms with van der Waals surface area (Å²) in [6.45, 7) is 7.28. The van der Waals surface area contributed by atoms with E-state index in [2.05, 4.69) is 64.8 Å². The second-order valence-electron chi connectivity index (χ2n) is 7.27. The van der Waals surface area contributed by atoms with E-state index in [1.54, 1.807) is 0 Å². The first-order chi connectivity index (χ1) is 12.4. The molecule has 134 valence electrons. The molecule has 2 aromatic carbocycles. The van der Waals surface area contributed by atoms with E-state index >= 15 is 0 Å². The molecule has 0 saturated carbocycles. The molecule has 1 aliphatic rings. The normalized spacial score (nSPS) is 14.8. The van der Waals surface area contributed by atoms with Crippen molar-refractivity contribution in [3.8, 4) is 0 Å². The highest BCUT2D eigenvalue weighted by Crippen LogP contribution is 2.49. The van der Waals surface area contributed by atoms with Crippen molar-refractivity contribution in [2.24, 2.45) is 0 Å². The van der Waals surface area contributed by atoms with Gasteiger partial charge in [0.1, 0.15) is 5.69 Å². The summed E-state index contributed by atoms with van der Waals surface area (Å²) in [6, 6.07) is 12.6. The average Bonchev–Trinajstić information content (AvgIpc) is 3.01. The standard InChI is InChI=1S/C20H20ClN3OS/c1-12-4-6-17-14(10-12)20(2,3)15-11-13(21)5-7-18(15)24(17)9-8-16-19(25)23-26-22-16/h4-7,10-11H,8-9H2,1-3H3,(H,23,25). The Labute approximate surface area is 161 Å². The number of aryl methyl sites for hydroxylation is 1. The van der Waals surface area contributed by atoms with Gasteiger partial charge in [-0.05, 0) is 42.3 Å². The Morgan fingerprint density at radius 1 is 1.15 bits per heavy atom. The number of H-pyrrole nitrogens is 1. The molecule has 0 spiro atoms. The van der Waals surface area contributed by atoms with Gasteiger partial charge in [-0.1, -0.05) is 43.1 Å². The van der Waals surface area contributed by atoms with Crippen LogP contribution < -0.4 is 10.5 Å². The van der Waals surface area contributed by atoms with Gasteiger partial charge in [-0.2, -0.15) is 4.37 Å². The van der Waals surface area contributed by atoms with E-state index in [1.807, 2.05) is 6.07 Å². The van der Waals surface area contributed by atoms with Crippen LogP contribution in [0, 0.1) is 6.92 Å². The molecule has 0 atom stereocenters. The molecule has 4 nitrogen and oxygen atoms in total. The minimum Gasteiger partial charge on any atom is -0.341 e. The third kappa shape index (κ3) is 2.75. The molecule has 1 aliphatic heterocycles. The van der Waals surface area contributed by atoms with Crippen LogP contribution in [0.5, 0.6) is 0 Å². The van der Waals surface area contributed by atoms with Crippen LogP contribution in [-0.2, 0) is 11.8 Å². The SMILES string of the molecule is Cc1ccc2c(c1)C(C)(C)c1cc(Cl)ccc1N2CCc1ns[nH]c1=O. The van der Waals surface area contributed by atoms with Crippen molar-refractivity contribution in [1.82, 2.24) is 8.75 Å². The zero-order valence-electron chi connectivity index (χ0n) is 15.0. The minimum absolute atomic E-state index is 0.0900. The maximum atomic E-state index is 11.8. The Hall–Kier alpha value is -2.11. The van der Waals surface area contributed by atoms with Gasteiger partial charge in [0.05, 0.1) is 0 Å².